The third-order valence-corrected chi connectivity index (χ3v) is 3.71. The number of hydrogen-bond donors (Lipinski definition) is 1. The highest BCUT2D eigenvalue weighted by molar-refractivity contribution is 5.78. The Hall–Kier alpha value is -2.08. The van der Waals surface area contributed by atoms with Gasteiger partial charge in [0.1, 0.15) is 5.75 Å². The van der Waals surface area contributed by atoms with Crippen LogP contribution in [0.1, 0.15) is 18.4 Å². The fourth-order valence-corrected chi connectivity index (χ4v) is 2.42. The first-order chi connectivity index (χ1) is 10.6. The second kappa shape index (κ2) is 7.79. The third kappa shape index (κ3) is 4.46. The quantitative estimate of drug-likeness (QED) is 0.858. The second-order valence-electron chi connectivity index (χ2n) is 5.24. The summed E-state index contributed by atoms with van der Waals surface area (Å²) in [6.07, 6.45) is 1.06. The number of methoxy groups -OCH3 is 1. The number of benzene rings is 1. The molecular weight excluding hydrogens is 286 g/mol. The summed E-state index contributed by atoms with van der Waals surface area (Å²) in [6.45, 7) is 0.878. The average Bonchev–Trinajstić information content (AvgIpc) is 2.55. The zero-order valence-corrected chi connectivity index (χ0v) is 12.7. The van der Waals surface area contributed by atoms with E-state index in [0.717, 1.165) is 24.2 Å². The largest absolute Gasteiger partial charge is 0.497 e. The molecule has 1 fully saturated rings. The Kier molecular flexibility index (Phi) is 5.77. The zero-order valence-electron chi connectivity index (χ0n) is 12.7. The third-order valence-electron chi connectivity index (χ3n) is 3.71. The Morgan fingerprint density at radius 2 is 2.09 bits per heavy atom. The number of carboxylic acids is 1. The van der Waals surface area contributed by atoms with Gasteiger partial charge in [-0.15, -0.1) is 0 Å². The van der Waals surface area contributed by atoms with Gasteiger partial charge >= 0.3 is 5.97 Å². The van der Waals surface area contributed by atoms with Crippen LogP contribution in [0.4, 0.5) is 0 Å². The fraction of sp³-hybridized carbons (Fsp3) is 0.500. The molecule has 120 valence electrons. The van der Waals surface area contributed by atoms with Crippen molar-refractivity contribution < 1.29 is 24.2 Å². The number of carbonyl (C=O) groups is 2. The summed E-state index contributed by atoms with van der Waals surface area (Å²) in [5.74, 6) is -0.216. The van der Waals surface area contributed by atoms with Gasteiger partial charge in [0.05, 0.1) is 20.3 Å². The SMILES string of the molecule is COc1ccc(CCCC(=O)N2CCO[C@@H](C(=O)O)C2)cc1. The molecule has 1 aliphatic rings. The van der Waals surface area contributed by atoms with Crippen LogP contribution in [-0.4, -0.2) is 54.8 Å². The van der Waals surface area contributed by atoms with Crippen LogP contribution in [0.25, 0.3) is 0 Å². The first kappa shape index (κ1) is 16.3. The van der Waals surface area contributed by atoms with Crippen LogP contribution in [-0.2, 0) is 20.7 Å². The molecular formula is C16H21NO5. The van der Waals surface area contributed by atoms with E-state index in [-0.39, 0.29) is 19.1 Å². The summed E-state index contributed by atoms with van der Waals surface area (Å²) in [5, 5.41) is 8.93. The molecule has 0 aromatic heterocycles. The number of aryl methyl sites for hydroxylation is 1. The molecule has 1 heterocycles. The van der Waals surface area contributed by atoms with Gasteiger partial charge in [0, 0.05) is 13.0 Å². The first-order valence-corrected chi connectivity index (χ1v) is 7.35. The van der Waals surface area contributed by atoms with Gasteiger partial charge in [-0.1, -0.05) is 12.1 Å². The minimum absolute atomic E-state index is 0.0111. The highest BCUT2D eigenvalue weighted by atomic mass is 16.5. The molecule has 2 rings (SSSR count). The fourth-order valence-electron chi connectivity index (χ4n) is 2.42. The van der Waals surface area contributed by atoms with Crippen molar-refractivity contribution in [1.82, 2.24) is 4.90 Å². The number of rotatable bonds is 6. The molecule has 1 aliphatic heterocycles. The molecule has 1 atom stereocenters. The Morgan fingerprint density at radius 1 is 1.36 bits per heavy atom. The molecule has 1 saturated heterocycles. The van der Waals surface area contributed by atoms with Crippen molar-refractivity contribution in [2.75, 3.05) is 26.8 Å². The minimum Gasteiger partial charge on any atom is -0.497 e. The molecule has 6 heteroatoms. The molecule has 22 heavy (non-hydrogen) atoms. The van der Waals surface area contributed by atoms with Crippen LogP contribution >= 0.6 is 0 Å². The molecule has 0 saturated carbocycles. The molecule has 0 aliphatic carbocycles. The highest BCUT2D eigenvalue weighted by Crippen LogP contribution is 2.14. The van der Waals surface area contributed by atoms with E-state index in [1.165, 1.54) is 0 Å². The molecule has 0 bridgehead atoms. The lowest BCUT2D eigenvalue weighted by atomic mass is 10.1. The van der Waals surface area contributed by atoms with Gasteiger partial charge in [0.15, 0.2) is 6.10 Å². The van der Waals surface area contributed by atoms with Gasteiger partial charge in [0.2, 0.25) is 5.91 Å². The van der Waals surface area contributed by atoms with E-state index in [1.807, 2.05) is 24.3 Å². The monoisotopic (exact) mass is 307 g/mol. The number of hydrogen-bond acceptors (Lipinski definition) is 4. The normalized spacial score (nSPS) is 18.0. The molecule has 0 unspecified atom stereocenters. The van der Waals surface area contributed by atoms with E-state index in [0.29, 0.717) is 13.0 Å². The van der Waals surface area contributed by atoms with E-state index in [4.69, 9.17) is 14.6 Å². The van der Waals surface area contributed by atoms with E-state index in [2.05, 4.69) is 0 Å². The lowest BCUT2D eigenvalue weighted by molar-refractivity contribution is -0.159. The number of carboxylic acid groups (broad SMARTS) is 1. The highest BCUT2D eigenvalue weighted by Gasteiger charge is 2.28. The Morgan fingerprint density at radius 3 is 2.73 bits per heavy atom. The number of amides is 1. The van der Waals surface area contributed by atoms with Crippen LogP contribution in [0.3, 0.4) is 0 Å². The number of carbonyl (C=O) groups excluding carboxylic acids is 1. The summed E-state index contributed by atoms with van der Waals surface area (Å²) in [5.41, 5.74) is 1.15. The summed E-state index contributed by atoms with van der Waals surface area (Å²) in [7, 11) is 1.63. The Bertz CT molecular complexity index is 514. The smallest absolute Gasteiger partial charge is 0.334 e. The minimum atomic E-state index is -1.02. The van der Waals surface area contributed by atoms with Crippen LogP contribution in [0, 0.1) is 0 Å². The van der Waals surface area contributed by atoms with Gasteiger partial charge < -0.3 is 19.5 Å². The Labute approximate surface area is 129 Å². The van der Waals surface area contributed by atoms with Gasteiger partial charge in [-0.05, 0) is 30.5 Å². The zero-order chi connectivity index (χ0) is 15.9. The molecule has 6 nitrogen and oxygen atoms in total. The summed E-state index contributed by atoms with van der Waals surface area (Å²) in [4.78, 5) is 24.6. The lowest BCUT2D eigenvalue weighted by Crippen LogP contribution is -2.48. The molecule has 1 amide bonds. The number of aliphatic carboxylic acids is 1. The van der Waals surface area contributed by atoms with Crippen molar-refractivity contribution in [1.29, 1.82) is 0 Å². The number of nitrogens with zero attached hydrogens (tertiary/aromatic N) is 1. The van der Waals surface area contributed by atoms with Crippen LogP contribution in [0.5, 0.6) is 5.75 Å². The van der Waals surface area contributed by atoms with Gasteiger partial charge in [-0.25, -0.2) is 4.79 Å². The number of morpholine rings is 1. The van der Waals surface area contributed by atoms with Gasteiger partial charge in [0.25, 0.3) is 0 Å². The van der Waals surface area contributed by atoms with Crippen molar-refractivity contribution >= 4 is 11.9 Å². The second-order valence-corrected chi connectivity index (χ2v) is 5.24. The maximum Gasteiger partial charge on any atom is 0.334 e. The van der Waals surface area contributed by atoms with E-state index in [1.54, 1.807) is 12.0 Å². The summed E-state index contributed by atoms with van der Waals surface area (Å²) in [6, 6.07) is 7.77. The average molecular weight is 307 g/mol. The maximum absolute atomic E-state index is 12.1. The number of ether oxygens (including phenoxy) is 2. The summed E-state index contributed by atoms with van der Waals surface area (Å²) < 4.78 is 10.2. The van der Waals surface area contributed by atoms with Crippen LogP contribution in [0.2, 0.25) is 0 Å². The maximum atomic E-state index is 12.1. The van der Waals surface area contributed by atoms with Crippen molar-refractivity contribution in [3.8, 4) is 5.75 Å². The topological polar surface area (TPSA) is 76.1 Å². The standard InChI is InChI=1S/C16H21NO5/c1-21-13-7-5-12(6-8-13)3-2-4-15(18)17-9-10-22-14(11-17)16(19)20/h5-8,14H,2-4,9-11H2,1H3,(H,19,20)/t14-/m1/s1. The predicted octanol–water partition coefficient (Wildman–Crippen LogP) is 1.33. The van der Waals surface area contributed by atoms with Gasteiger partial charge in [-0.3, -0.25) is 4.79 Å². The molecule has 1 N–H and O–H groups in total. The molecule has 0 radical (unpaired) electrons. The Balaban J connectivity index is 1.76. The first-order valence-electron chi connectivity index (χ1n) is 7.35. The molecule has 1 aromatic rings. The van der Waals surface area contributed by atoms with Crippen molar-refractivity contribution in [2.24, 2.45) is 0 Å². The van der Waals surface area contributed by atoms with Crippen molar-refractivity contribution in [3.05, 3.63) is 29.8 Å². The molecule has 1 aromatic carbocycles. The van der Waals surface area contributed by atoms with E-state index in [9.17, 15) is 9.59 Å². The van der Waals surface area contributed by atoms with Crippen molar-refractivity contribution in [2.45, 2.75) is 25.4 Å². The van der Waals surface area contributed by atoms with Crippen molar-refractivity contribution in [3.63, 3.8) is 0 Å². The lowest BCUT2D eigenvalue weighted by Gasteiger charge is -2.30. The van der Waals surface area contributed by atoms with E-state index < -0.39 is 12.1 Å². The van der Waals surface area contributed by atoms with E-state index >= 15 is 0 Å². The summed E-state index contributed by atoms with van der Waals surface area (Å²) >= 11 is 0. The molecule has 0 spiro atoms. The van der Waals surface area contributed by atoms with Gasteiger partial charge in [-0.2, -0.15) is 0 Å². The van der Waals surface area contributed by atoms with Crippen LogP contribution < -0.4 is 4.74 Å². The predicted molar refractivity (Wildman–Crippen MR) is 79.9 cm³/mol. The van der Waals surface area contributed by atoms with Crippen LogP contribution in [0.15, 0.2) is 24.3 Å².